The van der Waals surface area contributed by atoms with E-state index in [1.807, 2.05) is 91.0 Å². The van der Waals surface area contributed by atoms with Gasteiger partial charge in [0.15, 0.2) is 11.6 Å². The van der Waals surface area contributed by atoms with E-state index in [0.29, 0.717) is 24.2 Å². The molecule has 1 N–H and O–H groups in total. The third-order valence-corrected chi connectivity index (χ3v) is 7.13. The fraction of sp³-hybridized carbons (Fsp3) is 0.333. The molecule has 4 atom stereocenters. The van der Waals surface area contributed by atoms with Crippen LogP contribution in [0.4, 0.5) is 0 Å². The molecule has 1 aliphatic rings. The van der Waals surface area contributed by atoms with E-state index in [1.54, 1.807) is 0 Å². The number of aliphatic hydroxyl groups excluding tert-OH is 1. The third-order valence-electron chi connectivity index (χ3n) is 7.13. The van der Waals surface area contributed by atoms with Crippen molar-refractivity contribution in [1.82, 2.24) is 4.90 Å². The lowest BCUT2D eigenvalue weighted by molar-refractivity contribution is 0.0202. The number of hydrogen-bond donors (Lipinski definition) is 1. The fourth-order valence-electron chi connectivity index (χ4n) is 5.37. The maximum atomic E-state index is 13.9. The molecule has 4 rings (SSSR count). The molecule has 0 spiro atoms. The van der Waals surface area contributed by atoms with Gasteiger partial charge in [-0.3, -0.25) is 14.5 Å². The zero-order valence-corrected chi connectivity index (χ0v) is 19.9. The first kappa shape index (κ1) is 24.1. The molecule has 1 aliphatic heterocycles. The van der Waals surface area contributed by atoms with Crippen LogP contribution >= 0.6 is 0 Å². The van der Waals surface area contributed by atoms with Crippen LogP contribution in [-0.4, -0.2) is 47.3 Å². The van der Waals surface area contributed by atoms with E-state index in [-0.39, 0.29) is 36.1 Å². The van der Waals surface area contributed by atoms with E-state index in [2.05, 4.69) is 18.7 Å². The quantitative estimate of drug-likeness (QED) is 0.480. The number of likely N-dealkylation sites (tertiary alicyclic amines) is 1. The predicted octanol–water partition coefficient (Wildman–Crippen LogP) is 5.10. The van der Waals surface area contributed by atoms with E-state index in [0.717, 1.165) is 5.56 Å². The minimum Gasteiger partial charge on any atom is -0.395 e. The highest BCUT2D eigenvalue weighted by atomic mass is 16.3. The summed E-state index contributed by atoms with van der Waals surface area (Å²) < 4.78 is 0. The number of carbonyl (C=O) groups is 2. The van der Waals surface area contributed by atoms with E-state index in [1.165, 1.54) is 0 Å². The summed E-state index contributed by atoms with van der Waals surface area (Å²) in [6, 6.07) is 28.6. The molecule has 0 aromatic heterocycles. The fourth-order valence-corrected chi connectivity index (χ4v) is 5.37. The predicted molar refractivity (Wildman–Crippen MR) is 135 cm³/mol. The van der Waals surface area contributed by atoms with Crippen molar-refractivity contribution in [2.75, 3.05) is 19.7 Å². The molecule has 0 saturated carbocycles. The first-order chi connectivity index (χ1) is 16.5. The second-order valence-corrected chi connectivity index (χ2v) is 9.56. The van der Waals surface area contributed by atoms with Gasteiger partial charge in [0.1, 0.15) is 0 Å². The molecule has 4 heteroatoms. The highest BCUT2D eigenvalue weighted by Gasteiger charge is 2.46. The minimum atomic E-state index is -0.399. The molecule has 3 aromatic rings. The first-order valence-electron chi connectivity index (χ1n) is 12.1. The zero-order chi connectivity index (χ0) is 24.1. The lowest BCUT2D eigenvalue weighted by atomic mass is 9.68. The van der Waals surface area contributed by atoms with E-state index < -0.39 is 11.8 Å². The van der Waals surface area contributed by atoms with Gasteiger partial charge in [-0.1, -0.05) is 105 Å². The molecule has 2 unspecified atom stereocenters. The number of benzene rings is 3. The maximum absolute atomic E-state index is 13.9. The SMILES string of the molecule is CC(C)C(CO)N1C[C@H](C(=O)c2ccccc2)C(c2ccccc2)[C@H](C(=O)c2ccccc2)C1. The summed E-state index contributed by atoms with van der Waals surface area (Å²) in [5.74, 6) is -0.758. The Kier molecular flexibility index (Phi) is 7.71. The second-order valence-electron chi connectivity index (χ2n) is 9.56. The Labute approximate surface area is 202 Å². The Bertz CT molecular complexity index is 1020. The number of ketones is 2. The van der Waals surface area contributed by atoms with Gasteiger partial charge in [0.05, 0.1) is 6.61 Å². The number of rotatable bonds is 8. The van der Waals surface area contributed by atoms with Crippen LogP contribution < -0.4 is 0 Å². The van der Waals surface area contributed by atoms with Crippen LogP contribution in [-0.2, 0) is 0 Å². The van der Waals surface area contributed by atoms with Crippen LogP contribution in [0.3, 0.4) is 0 Å². The van der Waals surface area contributed by atoms with Crippen molar-refractivity contribution in [2.45, 2.75) is 25.8 Å². The number of carbonyl (C=O) groups excluding carboxylic acids is 2. The second kappa shape index (κ2) is 10.9. The maximum Gasteiger partial charge on any atom is 0.167 e. The minimum absolute atomic E-state index is 0.00777. The van der Waals surface area contributed by atoms with Gasteiger partial charge in [-0.15, -0.1) is 0 Å². The van der Waals surface area contributed by atoms with Crippen molar-refractivity contribution >= 4 is 11.6 Å². The van der Waals surface area contributed by atoms with E-state index in [9.17, 15) is 14.7 Å². The number of Topliss-reactive ketones (excluding diaryl/α,β-unsaturated/α-hetero) is 2. The number of piperidine rings is 1. The van der Waals surface area contributed by atoms with Gasteiger partial charge in [0, 0.05) is 48.0 Å². The monoisotopic (exact) mass is 455 g/mol. The van der Waals surface area contributed by atoms with Crippen LogP contribution in [0.5, 0.6) is 0 Å². The summed E-state index contributed by atoms with van der Waals surface area (Å²) in [6.07, 6.45) is 0. The standard InChI is InChI=1S/C30H33NO3/c1-21(2)27(20-32)31-18-25(29(33)23-14-8-4-9-15-23)28(22-12-6-3-7-13-22)26(19-31)30(34)24-16-10-5-11-17-24/h3-17,21,25-28,32H,18-20H2,1-2H3/t25-,26+,27?,28?. The molecular weight excluding hydrogens is 422 g/mol. The Morgan fingerprint density at radius 3 is 1.56 bits per heavy atom. The van der Waals surface area contributed by atoms with Crippen LogP contribution in [0, 0.1) is 17.8 Å². The lowest BCUT2D eigenvalue weighted by Crippen LogP contribution is -2.55. The number of hydrogen-bond acceptors (Lipinski definition) is 4. The smallest absolute Gasteiger partial charge is 0.167 e. The molecule has 1 saturated heterocycles. The highest BCUT2D eigenvalue weighted by Crippen LogP contribution is 2.41. The summed E-state index contributed by atoms with van der Waals surface area (Å²) in [7, 11) is 0. The molecule has 176 valence electrons. The average Bonchev–Trinajstić information content (AvgIpc) is 2.89. The molecule has 1 heterocycles. The molecule has 0 aliphatic carbocycles. The van der Waals surface area contributed by atoms with Crippen LogP contribution in [0.25, 0.3) is 0 Å². The Morgan fingerprint density at radius 2 is 1.18 bits per heavy atom. The van der Waals surface area contributed by atoms with E-state index >= 15 is 0 Å². The normalized spacial score (nSPS) is 21.8. The Balaban J connectivity index is 1.82. The molecule has 0 radical (unpaired) electrons. The average molecular weight is 456 g/mol. The highest BCUT2D eigenvalue weighted by molar-refractivity contribution is 6.02. The first-order valence-corrected chi connectivity index (χ1v) is 12.1. The van der Waals surface area contributed by atoms with Crippen molar-refractivity contribution < 1.29 is 14.7 Å². The van der Waals surface area contributed by atoms with Gasteiger partial charge in [-0.2, -0.15) is 0 Å². The van der Waals surface area contributed by atoms with Crippen molar-refractivity contribution in [2.24, 2.45) is 17.8 Å². The van der Waals surface area contributed by atoms with Gasteiger partial charge >= 0.3 is 0 Å². The lowest BCUT2D eigenvalue weighted by Gasteiger charge is -2.46. The van der Waals surface area contributed by atoms with Crippen molar-refractivity contribution in [3.8, 4) is 0 Å². The molecular formula is C30H33NO3. The van der Waals surface area contributed by atoms with Crippen molar-refractivity contribution in [3.05, 3.63) is 108 Å². The summed E-state index contributed by atoms with van der Waals surface area (Å²) in [5, 5.41) is 10.2. The summed E-state index contributed by atoms with van der Waals surface area (Å²) in [4.78, 5) is 30.0. The molecule has 1 fully saturated rings. The molecule has 0 amide bonds. The topological polar surface area (TPSA) is 57.6 Å². The van der Waals surface area contributed by atoms with Gasteiger partial charge < -0.3 is 5.11 Å². The van der Waals surface area contributed by atoms with Gasteiger partial charge in [-0.25, -0.2) is 0 Å². The zero-order valence-electron chi connectivity index (χ0n) is 19.9. The Hall–Kier alpha value is -3.08. The van der Waals surface area contributed by atoms with Crippen molar-refractivity contribution in [1.29, 1.82) is 0 Å². The number of aliphatic hydroxyl groups is 1. The molecule has 4 nitrogen and oxygen atoms in total. The van der Waals surface area contributed by atoms with Gasteiger partial charge in [0.25, 0.3) is 0 Å². The largest absolute Gasteiger partial charge is 0.395 e. The molecule has 34 heavy (non-hydrogen) atoms. The summed E-state index contributed by atoms with van der Waals surface area (Å²) in [6.45, 7) is 5.16. The van der Waals surface area contributed by atoms with Gasteiger partial charge in [-0.05, 0) is 11.5 Å². The molecule has 3 aromatic carbocycles. The van der Waals surface area contributed by atoms with Gasteiger partial charge in [0.2, 0.25) is 0 Å². The summed E-state index contributed by atoms with van der Waals surface area (Å²) in [5.41, 5.74) is 2.33. The van der Waals surface area contributed by atoms with E-state index in [4.69, 9.17) is 0 Å². The number of nitrogens with zero attached hydrogens (tertiary/aromatic N) is 1. The Morgan fingerprint density at radius 1 is 0.765 bits per heavy atom. The molecule has 0 bridgehead atoms. The van der Waals surface area contributed by atoms with Crippen molar-refractivity contribution in [3.63, 3.8) is 0 Å². The third kappa shape index (κ3) is 5.03. The summed E-state index contributed by atoms with van der Waals surface area (Å²) >= 11 is 0. The van der Waals surface area contributed by atoms with Crippen LogP contribution in [0.15, 0.2) is 91.0 Å². The van der Waals surface area contributed by atoms with Crippen LogP contribution in [0.1, 0.15) is 46.0 Å². The van der Waals surface area contributed by atoms with Crippen LogP contribution in [0.2, 0.25) is 0 Å².